The Labute approximate surface area is 164 Å². The van der Waals surface area contributed by atoms with E-state index in [2.05, 4.69) is 50.8 Å². The second-order valence-corrected chi connectivity index (χ2v) is 8.57. The van der Waals surface area contributed by atoms with E-state index >= 15 is 0 Å². The minimum atomic E-state index is 0.296. The van der Waals surface area contributed by atoms with Gasteiger partial charge in [0.15, 0.2) is 0 Å². The average Bonchev–Trinajstić information content (AvgIpc) is 3.18. The van der Waals surface area contributed by atoms with Crippen LogP contribution in [0.15, 0.2) is 53.6 Å². The predicted molar refractivity (Wildman–Crippen MR) is 117 cm³/mol. The van der Waals surface area contributed by atoms with Crippen LogP contribution < -0.4 is 0 Å². The monoisotopic (exact) mass is 373 g/mol. The molecule has 1 heterocycles. The van der Waals surface area contributed by atoms with Gasteiger partial charge in [-0.3, -0.25) is 4.99 Å². The molecule has 1 aliphatic carbocycles. The molecular formula is C23H35NOS. The quantitative estimate of drug-likeness (QED) is 0.225. The van der Waals surface area contributed by atoms with Gasteiger partial charge in [0, 0.05) is 18.8 Å². The van der Waals surface area contributed by atoms with Crippen molar-refractivity contribution >= 4 is 16.8 Å². The number of ether oxygens (including phenoxy) is 1. The van der Waals surface area contributed by atoms with Gasteiger partial charge in [-0.15, -0.1) is 18.3 Å². The highest BCUT2D eigenvalue weighted by Gasteiger charge is 2.39. The van der Waals surface area contributed by atoms with Gasteiger partial charge in [-0.25, -0.2) is 0 Å². The summed E-state index contributed by atoms with van der Waals surface area (Å²) in [5, 5.41) is 1.41. The van der Waals surface area contributed by atoms with Gasteiger partial charge in [0.2, 0.25) is 0 Å². The predicted octanol–water partition coefficient (Wildman–Crippen LogP) is 6.37. The van der Waals surface area contributed by atoms with E-state index in [0.717, 1.165) is 49.7 Å². The number of methoxy groups -OCH3 is 1. The van der Waals surface area contributed by atoms with Gasteiger partial charge in [0.1, 0.15) is 0 Å². The second-order valence-electron chi connectivity index (χ2n) is 7.53. The lowest BCUT2D eigenvalue weighted by atomic mass is 10.1. The summed E-state index contributed by atoms with van der Waals surface area (Å²) in [5.74, 6) is 2.79. The summed E-state index contributed by atoms with van der Waals surface area (Å²) in [4.78, 5) is 4.86. The fraction of sp³-hybridized carbons (Fsp3) is 0.609. The number of rotatable bonds is 12. The van der Waals surface area contributed by atoms with Crippen LogP contribution in [0.5, 0.6) is 0 Å². The maximum atomic E-state index is 5.45. The molecule has 2 rings (SSSR count). The normalized spacial score (nSPS) is 27.3. The van der Waals surface area contributed by atoms with Crippen molar-refractivity contribution in [1.29, 1.82) is 0 Å². The van der Waals surface area contributed by atoms with Gasteiger partial charge in [-0.05, 0) is 51.4 Å². The highest BCUT2D eigenvalue weighted by Crippen LogP contribution is 2.44. The van der Waals surface area contributed by atoms with Crippen LogP contribution in [0.4, 0.5) is 0 Å². The van der Waals surface area contributed by atoms with Crippen LogP contribution in [-0.2, 0) is 4.74 Å². The van der Waals surface area contributed by atoms with E-state index in [0.29, 0.717) is 12.1 Å². The Bertz CT molecular complexity index is 561. The van der Waals surface area contributed by atoms with E-state index in [1.807, 2.05) is 17.8 Å². The molecule has 0 saturated heterocycles. The Balaban J connectivity index is 1.58. The fourth-order valence-electron chi connectivity index (χ4n) is 3.14. The molecule has 0 aromatic heterocycles. The Hall–Kier alpha value is -1.06. The zero-order chi connectivity index (χ0) is 18.8. The highest BCUT2D eigenvalue weighted by atomic mass is 32.2. The maximum absolute atomic E-state index is 5.45. The molecule has 2 aliphatic rings. The molecule has 1 saturated carbocycles. The molecule has 3 heteroatoms. The Kier molecular flexibility index (Phi) is 9.49. The maximum Gasteiger partial charge on any atom is 0.0783 e. The van der Waals surface area contributed by atoms with E-state index < -0.39 is 0 Å². The minimum Gasteiger partial charge on any atom is -0.381 e. The topological polar surface area (TPSA) is 21.6 Å². The summed E-state index contributed by atoms with van der Waals surface area (Å²) in [6.45, 7) is 8.31. The summed E-state index contributed by atoms with van der Waals surface area (Å²) in [6, 6.07) is 0.415. The SMILES string of the molecule is C=CC[C@@H](CCC(C)=CC=CCCC=C[C@@H]1CSC([C@@H]2C[C@@H]2C)=N1)OC. The van der Waals surface area contributed by atoms with E-state index in [1.54, 1.807) is 7.11 Å². The van der Waals surface area contributed by atoms with Gasteiger partial charge in [-0.2, -0.15) is 0 Å². The number of aliphatic imine (C=N–C) groups is 1. The lowest BCUT2D eigenvalue weighted by Gasteiger charge is -2.12. The fourth-order valence-corrected chi connectivity index (χ4v) is 4.42. The molecule has 144 valence electrons. The number of allylic oxidation sites excluding steroid dienone is 5. The lowest BCUT2D eigenvalue weighted by Crippen LogP contribution is -2.08. The average molecular weight is 374 g/mol. The molecule has 0 aromatic carbocycles. The largest absolute Gasteiger partial charge is 0.381 e. The molecule has 0 aromatic rings. The summed E-state index contributed by atoms with van der Waals surface area (Å²) >= 11 is 1.97. The molecular weight excluding hydrogens is 338 g/mol. The Morgan fingerprint density at radius 3 is 2.85 bits per heavy atom. The van der Waals surface area contributed by atoms with Crippen molar-refractivity contribution in [2.45, 2.75) is 64.5 Å². The minimum absolute atomic E-state index is 0.296. The zero-order valence-corrected chi connectivity index (χ0v) is 17.5. The standard InChI is InChI=1S/C23H35NOS/c1-5-11-21(25-4)15-14-18(2)12-9-7-6-8-10-13-20-17-26-23(24-20)22-16-19(22)3/h5,7,9-10,12-13,19-22H,1,6,8,11,14-17H2,2-4H3/t19-,20+,21-,22+/m0/s1. The third kappa shape index (κ3) is 7.67. The van der Waals surface area contributed by atoms with Crippen LogP contribution in [0, 0.1) is 11.8 Å². The van der Waals surface area contributed by atoms with Gasteiger partial charge in [-0.1, -0.05) is 49.0 Å². The summed E-state index contributed by atoms with van der Waals surface area (Å²) in [5.41, 5.74) is 1.40. The number of nitrogens with zero attached hydrogens (tertiary/aromatic N) is 1. The van der Waals surface area contributed by atoms with E-state index in [4.69, 9.17) is 9.73 Å². The van der Waals surface area contributed by atoms with Crippen LogP contribution in [0.2, 0.25) is 0 Å². The summed E-state index contributed by atoms with van der Waals surface area (Å²) in [7, 11) is 1.78. The van der Waals surface area contributed by atoms with Crippen molar-refractivity contribution < 1.29 is 4.74 Å². The van der Waals surface area contributed by atoms with Crippen LogP contribution in [0.1, 0.15) is 52.4 Å². The first kappa shape index (κ1) is 21.2. The van der Waals surface area contributed by atoms with Gasteiger partial charge in [0.05, 0.1) is 17.2 Å². The molecule has 0 radical (unpaired) electrons. The van der Waals surface area contributed by atoms with E-state index in [1.165, 1.54) is 17.0 Å². The van der Waals surface area contributed by atoms with E-state index in [9.17, 15) is 0 Å². The third-order valence-electron chi connectivity index (χ3n) is 5.12. The molecule has 2 nitrogen and oxygen atoms in total. The second kappa shape index (κ2) is 11.6. The van der Waals surface area contributed by atoms with Crippen LogP contribution in [0.3, 0.4) is 0 Å². The molecule has 0 unspecified atom stereocenters. The van der Waals surface area contributed by atoms with Crippen molar-refractivity contribution in [2.24, 2.45) is 16.8 Å². The van der Waals surface area contributed by atoms with Crippen molar-refractivity contribution in [2.75, 3.05) is 12.9 Å². The van der Waals surface area contributed by atoms with Crippen LogP contribution in [-0.4, -0.2) is 30.1 Å². The first-order valence-corrected chi connectivity index (χ1v) is 11.0. The third-order valence-corrected chi connectivity index (χ3v) is 6.33. The van der Waals surface area contributed by atoms with Gasteiger partial charge >= 0.3 is 0 Å². The molecule has 1 fully saturated rings. The van der Waals surface area contributed by atoms with Gasteiger partial charge in [0.25, 0.3) is 0 Å². The smallest absolute Gasteiger partial charge is 0.0783 e. The first-order valence-electron chi connectivity index (χ1n) is 9.97. The van der Waals surface area contributed by atoms with Crippen molar-refractivity contribution in [1.82, 2.24) is 0 Å². The van der Waals surface area contributed by atoms with Crippen LogP contribution >= 0.6 is 11.8 Å². The van der Waals surface area contributed by atoms with Crippen LogP contribution in [0.25, 0.3) is 0 Å². The number of hydrogen-bond donors (Lipinski definition) is 0. The molecule has 1 aliphatic heterocycles. The molecule has 0 bridgehead atoms. The molecule has 0 spiro atoms. The Morgan fingerprint density at radius 1 is 1.38 bits per heavy atom. The summed E-state index contributed by atoms with van der Waals surface area (Å²) < 4.78 is 5.45. The van der Waals surface area contributed by atoms with E-state index in [-0.39, 0.29) is 0 Å². The molecule has 26 heavy (non-hydrogen) atoms. The number of unbranched alkanes of at least 4 members (excludes halogenated alkanes) is 1. The van der Waals surface area contributed by atoms with Crippen molar-refractivity contribution in [3.05, 3.63) is 48.6 Å². The highest BCUT2D eigenvalue weighted by molar-refractivity contribution is 8.14. The van der Waals surface area contributed by atoms with Gasteiger partial charge < -0.3 is 4.74 Å². The molecule has 0 amide bonds. The number of thioether (sulfide) groups is 1. The zero-order valence-electron chi connectivity index (χ0n) is 16.7. The van der Waals surface area contributed by atoms with Crippen molar-refractivity contribution in [3.8, 4) is 0 Å². The van der Waals surface area contributed by atoms with Crippen molar-refractivity contribution in [3.63, 3.8) is 0 Å². The first-order chi connectivity index (χ1) is 12.6. The molecule has 0 N–H and O–H groups in total. The number of hydrogen-bond acceptors (Lipinski definition) is 3. The molecule has 4 atom stereocenters. The lowest BCUT2D eigenvalue weighted by molar-refractivity contribution is 0.0981. The Morgan fingerprint density at radius 2 is 2.15 bits per heavy atom. The summed E-state index contributed by atoms with van der Waals surface area (Å²) in [6.07, 6.45) is 20.1.